The number of aryl methyl sites for hydroxylation is 1. The molecule has 140 valence electrons. The van der Waals surface area contributed by atoms with Gasteiger partial charge in [0.05, 0.1) is 0 Å². The number of hydrogen-bond donors (Lipinski definition) is 0. The Bertz CT molecular complexity index is 936. The predicted octanol–water partition coefficient (Wildman–Crippen LogP) is 4.03. The van der Waals surface area contributed by atoms with Crippen molar-refractivity contribution in [2.45, 2.75) is 25.4 Å². The summed E-state index contributed by atoms with van der Waals surface area (Å²) < 4.78 is 55.1. The van der Waals surface area contributed by atoms with Crippen LogP contribution in [0.1, 0.15) is 23.6 Å². The summed E-state index contributed by atoms with van der Waals surface area (Å²) in [4.78, 5) is 19.4. The number of nitrogens with zero attached hydrogens (tertiary/aromatic N) is 3. The fourth-order valence-electron chi connectivity index (χ4n) is 2.37. The average Bonchev–Trinajstić information content (AvgIpc) is 3.13. The van der Waals surface area contributed by atoms with E-state index in [1.807, 2.05) is 0 Å². The number of aromatic nitrogens is 3. The van der Waals surface area contributed by atoms with E-state index in [4.69, 9.17) is 0 Å². The predicted molar refractivity (Wildman–Crippen MR) is 86.0 cm³/mol. The molecule has 0 atom stereocenters. The number of ketones is 1. The number of alkyl halides is 3. The second-order valence-electron chi connectivity index (χ2n) is 5.77. The lowest BCUT2D eigenvalue weighted by Gasteiger charge is -2.03. The van der Waals surface area contributed by atoms with E-state index < -0.39 is 17.9 Å². The number of hydrogen-bond acceptors (Lipinski definition) is 5. The van der Waals surface area contributed by atoms with Gasteiger partial charge in [0.2, 0.25) is 5.82 Å². The second kappa shape index (κ2) is 7.65. The molecule has 0 N–H and O–H groups in total. The van der Waals surface area contributed by atoms with Crippen molar-refractivity contribution < 1.29 is 26.9 Å². The fourth-order valence-corrected chi connectivity index (χ4v) is 2.37. The Kier molecular flexibility index (Phi) is 5.29. The van der Waals surface area contributed by atoms with E-state index in [0.717, 1.165) is 0 Å². The number of halogens is 4. The van der Waals surface area contributed by atoms with Gasteiger partial charge in [-0.1, -0.05) is 23.4 Å². The summed E-state index contributed by atoms with van der Waals surface area (Å²) in [5.74, 6) is -2.22. The summed E-state index contributed by atoms with van der Waals surface area (Å²) in [6.07, 6.45) is -2.92. The van der Waals surface area contributed by atoms with Crippen LogP contribution in [0.2, 0.25) is 0 Å². The molecular formula is C18H13F4N3O2. The monoisotopic (exact) mass is 379 g/mol. The minimum absolute atomic E-state index is 0.00612. The van der Waals surface area contributed by atoms with Crippen LogP contribution in [0.15, 0.2) is 47.1 Å². The Hall–Kier alpha value is -3.10. The van der Waals surface area contributed by atoms with Gasteiger partial charge in [-0.25, -0.2) is 4.39 Å². The van der Waals surface area contributed by atoms with E-state index in [2.05, 4.69) is 19.6 Å². The van der Waals surface area contributed by atoms with Gasteiger partial charge in [0, 0.05) is 30.3 Å². The number of pyridine rings is 1. The maximum absolute atomic E-state index is 13.5. The Balaban J connectivity index is 1.58. The molecular weight excluding hydrogens is 366 g/mol. The van der Waals surface area contributed by atoms with Gasteiger partial charge < -0.3 is 4.52 Å². The fraction of sp³-hybridized carbons (Fsp3) is 0.222. The molecule has 0 aliphatic heterocycles. The van der Waals surface area contributed by atoms with Crippen molar-refractivity contribution in [3.63, 3.8) is 0 Å². The Morgan fingerprint density at radius 2 is 1.89 bits per heavy atom. The molecule has 3 aromatic rings. The largest absolute Gasteiger partial charge is 0.471 e. The third-order valence-electron chi connectivity index (χ3n) is 3.76. The van der Waals surface area contributed by atoms with Crippen molar-refractivity contribution in [3.8, 4) is 11.4 Å². The molecule has 0 bridgehead atoms. The quantitative estimate of drug-likeness (QED) is 0.605. The average molecular weight is 379 g/mol. The highest BCUT2D eigenvalue weighted by molar-refractivity contribution is 5.81. The molecule has 0 fully saturated rings. The summed E-state index contributed by atoms with van der Waals surface area (Å²) in [5, 5.41) is 3.28. The van der Waals surface area contributed by atoms with Crippen molar-refractivity contribution in [1.29, 1.82) is 0 Å². The summed E-state index contributed by atoms with van der Waals surface area (Å²) in [5.41, 5.74) is 1.17. The van der Waals surface area contributed by atoms with Crippen LogP contribution in [-0.2, 0) is 23.8 Å². The molecule has 0 aliphatic carbocycles. The zero-order valence-electron chi connectivity index (χ0n) is 13.8. The molecule has 0 radical (unpaired) electrons. The van der Waals surface area contributed by atoms with Gasteiger partial charge in [0.1, 0.15) is 11.6 Å². The molecule has 0 spiro atoms. The van der Waals surface area contributed by atoms with Crippen LogP contribution in [0.25, 0.3) is 11.4 Å². The minimum atomic E-state index is -4.71. The van der Waals surface area contributed by atoms with E-state index in [9.17, 15) is 22.4 Å². The normalized spacial score (nSPS) is 11.6. The van der Waals surface area contributed by atoms with E-state index in [1.54, 1.807) is 24.3 Å². The first-order valence-corrected chi connectivity index (χ1v) is 7.94. The van der Waals surface area contributed by atoms with Crippen LogP contribution in [0.5, 0.6) is 0 Å². The topological polar surface area (TPSA) is 68.9 Å². The third-order valence-corrected chi connectivity index (χ3v) is 3.76. The lowest BCUT2D eigenvalue weighted by atomic mass is 10.0. The highest BCUT2D eigenvalue weighted by Gasteiger charge is 2.38. The van der Waals surface area contributed by atoms with E-state index in [0.29, 0.717) is 17.7 Å². The molecule has 2 aromatic heterocycles. The molecule has 3 rings (SSSR count). The standard InChI is InChI=1S/C18H13F4N3O2/c19-15-4-2-1-3-11(15)9-14(26)8-7-13-6-5-12(10-23-13)16-24-17(27-25-16)18(20,21)22/h1-6,10H,7-9H2. The third kappa shape index (κ3) is 4.75. The van der Waals surface area contributed by atoms with Crippen LogP contribution in [0.4, 0.5) is 17.6 Å². The maximum Gasteiger partial charge on any atom is 0.471 e. The van der Waals surface area contributed by atoms with Gasteiger partial charge in [-0.3, -0.25) is 9.78 Å². The minimum Gasteiger partial charge on any atom is -0.329 e. The number of benzene rings is 1. The number of Topliss-reactive ketones (excluding diaryl/α,β-unsaturated/α-hetero) is 1. The smallest absolute Gasteiger partial charge is 0.329 e. The number of rotatable bonds is 6. The van der Waals surface area contributed by atoms with Crippen molar-refractivity contribution in [1.82, 2.24) is 15.1 Å². The molecule has 2 heterocycles. The Morgan fingerprint density at radius 1 is 1.11 bits per heavy atom. The van der Waals surface area contributed by atoms with Crippen molar-refractivity contribution in [2.24, 2.45) is 0 Å². The van der Waals surface area contributed by atoms with Gasteiger partial charge in [0.25, 0.3) is 0 Å². The van der Waals surface area contributed by atoms with E-state index in [-0.39, 0.29) is 30.0 Å². The first kappa shape index (κ1) is 18.7. The van der Waals surface area contributed by atoms with Crippen molar-refractivity contribution in [3.05, 3.63) is 65.6 Å². The molecule has 0 unspecified atom stereocenters. The molecule has 0 amide bonds. The lowest BCUT2D eigenvalue weighted by Crippen LogP contribution is -2.06. The van der Waals surface area contributed by atoms with Crippen molar-refractivity contribution in [2.75, 3.05) is 0 Å². The summed E-state index contributed by atoms with van der Waals surface area (Å²) in [6.45, 7) is 0. The number of carbonyl (C=O) groups is 1. The van der Waals surface area contributed by atoms with Crippen LogP contribution >= 0.6 is 0 Å². The maximum atomic E-state index is 13.5. The zero-order chi connectivity index (χ0) is 19.4. The number of carbonyl (C=O) groups excluding carboxylic acids is 1. The van der Waals surface area contributed by atoms with Gasteiger partial charge in [-0.05, 0) is 30.2 Å². The van der Waals surface area contributed by atoms with Gasteiger partial charge in [-0.15, -0.1) is 0 Å². The van der Waals surface area contributed by atoms with Gasteiger partial charge in [-0.2, -0.15) is 18.2 Å². The SMILES string of the molecule is O=C(CCc1ccc(-c2noc(C(F)(F)F)n2)cn1)Cc1ccccc1F. The molecule has 5 nitrogen and oxygen atoms in total. The molecule has 0 aliphatic rings. The molecule has 27 heavy (non-hydrogen) atoms. The van der Waals surface area contributed by atoms with E-state index in [1.165, 1.54) is 18.3 Å². The van der Waals surface area contributed by atoms with E-state index >= 15 is 0 Å². The van der Waals surface area contributed by atoms with Crippen molar-refractivity contribution >= 4 is 5.78 Å². The van der Waals surface area contributed by atoms with Crippen LogP contribution < -0.4 is 0 Å². The summed E-state index contributed by atoms with van der Waals surface area (Å²) in [7, 11) is 0. The molecule has 0 saturated heterocycles. The van der Waals surface area contributed by atoms with Crippen LogP contribution in [0, 0.1) is 5.82 Å². The van der Waals surface area contributed by atoms with Crippen LogP contribution in [0.3, 0.4) is 0 Å². The molecule has 9 heteroatoms. The highest BCUT2D eigenvalue weighted by atomic mass is 19.4. The lowest BCUT2D eigenvalue weighted by molar-refractivity contribution is -0.159. The summed E-state index contributed by atoms with van der Waals surface area (Å²) >= 11 is 0. The Morgan fingerprint density at radius 3 is 2.52 bits per heavy atom. The second-order valence-corrected chi connectivity index (χ2v) is 5.77. The van der Waals surface area contributed by atoms with Crippen LogP contribution in [-0.4, -0.2) is 20.9 Å². The van der Waals surface area contributed by atoms with Gasteiger partial charge in [0.15, 0.2) is 0 Å². The highest BCUT2D eigenvalue weighted by Crippen LogP contribution is 2.29. The first-order valence-electron chi connectivity index (χ1n) is 7.94. The molecule has 0 saturated carbocycles. The zero-order valence-corrected chi connectivity index (χ0v) is 13.8. The van der Waals surface area contributed by atoms with Gasteiger partial charge >= 0.3 is 12.1 Å². The molecule has 1 aromatic carbocycles. The summed E-state index contributed by atoms with van der Waals surface area (Å²) in [6, 6.07) is 9.12. The Labute approximate surface area is 151 Å². The first-order chi connectivity index (χ1) is 12.8.